The van der Waals surface area contributed by atoms with Crippen LogP contribution in [-0.4, -0.2) is 58.0 Å². The summed E-state index contributed by atoms with van der Waals surface area (Å²) in [6, 6.07) is 36.1. The lowest BCUT2D eigenvalue weighted by molar-refractivity contribution is 0.182. The Balaban J connectivity index is 1.29. The minimum atomic E-state index is -4.14. The lowest BCUT2D eigenvalue weighted by atomic mass is 10.1. The number of nitrogens with one attached hydrogen (secondary N) is 1. The average molecular weight is 712 g/mol. The normalized spacial score (nSPS) is 15.3. The van der Waals surface area contributed by atoms with Gasteiger partial charge in [-0.05, 0) is 79.9 Å². The van der Waals surface area contributed by atoms with E-state index < -0.39 is 38.7 Å². The predicted octanol–water partition coefficient (Wildman–Crippen LogP) is 6.17. The number of aryl methyl sites for hydroxylation is 2. The van der Waals surface area contributed by atoms with Gasteiger partial charge in [-0.2, -0.15) is 4.31 Å². The van der Waals surface area contributed by atoms with Crippen molar-refractivity contribution in [1.29, 1.82) is 0 Å². The molecule has 5 aromatic carbocycles. The molecule has 50 heavy (non-hydrogen) atoms. The lowest BCUT2D eigenvalue weighted by Gasteiger charge is -2.39. The molecule has 1 heterocycles. The largest absolute Gasteiger partial charge is 0.489 e. The number of ether oxygens (including phenoxy) is 1. The Hall–Kier alpha value is -4.68. The topological polar surface area (TPSA) is 116 Å². The number of aliphatic hydroxyl groups excluding tert-OH is 1. The lowest BCUT2D eigenvalue weighted by Crippen LogP contribution is -2.54. The van der Waals surface area contributed by atoms with Crippen LogP contribution >= 0.6 is 0 Å². The molecule has 9 nitrogen and oxygen atoms in total. The molecule has 11 heteroatoms. The van der Waals surface area contributed by atoms with Crippen molar-refractivity contribution >= 4 is 31.4 Å². The van der Waals surface area contributed by atoms with Crippen LogP contribution in [0.25, 0.3) is 0 Å². The molecule has 2 N–H and O–H groups in total. The second kappa shape index (κ2) is 15.1. The molecule has 5 aromatic rings. The summed E-state index contributed by atoms with van der Waals surface area (Å²) in [5, 5.41) is 14.1. The van der Waals surface area contributed by atoms with E-state index in [1.165, 1.54) is 8.61 Å². The smallest absolute Gasteiger partial charge is 0.264 e. The van der Waals surface area contributed by atoms with E-state index in [0.29, 0.717) is 23.7 Å². The molecule has 0 bridgehead atoms. The van der Waals surface area contributed by atoms with Crippen LogP contribution in [0.15, 0.2) is 137 Å². The molecule has 2 atom stereocenters. The number of benzene rings is 5. The fraction of sp³-hybridized carbons (Fsp3) is 0.231. The summed E-state index contributed by atoms with van der Waals surface area (Å²) in [6.45, 7) is 3.60. The van der Waals surface area contributed by atoms with Crippen molar-refractivity contribution < 1.29 is 26.7 Å². The fourth-order valence-corrected chi connectivity index (χ4v) is 9.23. The molecule has 0 aromatic heterocycles. The molecular weight excluding hydrogens is 671 g/mol. The summed E-state index contributed by atoms with van der Waals surface area (Å²) >= 11 is 0. The van der Waals surface area contributed by atoms with Gasteiger partial charge in [0, 0.05) is 6.54 Å². The van der Waals surface area contributed by atoms with Crippen LogP contribution < -0.4 is 14.4 Å². The van der Waals surface area contributed by atoms with E-state index in [1.54, 1.807) is 72.8 Å². The van der Waals surface area contributed by atoms with Gasteiger partial charge in [0.05, 0.1) is 46.4 Å². The number of sulfonamides is 2. The molecule has 0 radical (unpaired) electrons. The highest BCUT2D eigenvalue weighted by molar-refractivity contribution is 7.92. The Labute approximate surface area is 294 Å². The van der Waals surface area contributed by atoms with Crippen molar-refractivity contribution in [3.63, 3.8) is 0 Å². The molecule has 0 unspecified atom stereocenters. The second-order valence-electron chi connectivity index (χ2n) is 12.6. The first-order chi connectivity index (χ1) is 24.0. The van der Waals surface area contributed by atoms with Gasteiger partial charge in [0.15, 0.2) is 0 Å². The molecule has 0 saturated heterocycles. The van der Waals surface area contributed by atoms with Crippen molar-refractivity contribution in [3.8, 4) is 5.75 Å². The van der Waals surface area contributed by atoms with Crippen LogP contribution in [0.3, 0.4) is 0 Å². The van der Waals surface area contributed by atoms with Gasteiger partial charge in [-0.15, -0.1) is 0 Å². The Morgan fingerprint density at radius 3 is 2.00 bits per heavy atom. The quantitative estimate of drug-likeness (QED) is 0.150. The highest BCUT2D eigenvalue weighted by Gasteiger charge is 2.38. The molecule has 6 rings (SSSR count). The zero-order chi connectivity index (χ0) is 35.3. The van der Waals surface area contributed by atoms with Crippen LogP contribution in [0.5, 0.6) is 5.75 Å². The summed E-state index contributed by atoms with van der Waals surface area (Å²) in [7, 11) is -8.13. The van der Waals surface area contributed by atoms with Crippen LogP contribution in [0.1, 0.15) is 22.3 Å². The first kappa shape index (κ1) is 35.2. The molecule has 0 saturated carbocycles. The predicted molar refractivity (Wildman–Crippen MR) is 196 cm³/mol. The first-order valence-corrected chi connectivity index (χ1v) is 19.3. The Morgan fingerprint density at radius 1 is 0.760 bits per heavy atom. The molecule has 0 aliphatic carbocycles. The maximum absolute atomic E-state index is 14.4. The number of anilines is 2. The summed E-state index contributed by atoms with van der Waals surface area (Å²) in [4.78, 5) is 0.235. The maximum Gasteiger partial charge on any atom is 0.264 e. The number of rotatable bonds is 13. The Bertz CT molecular complexity index is 2110. The minimum Gasteiger partial charge on any atom is -0.489 e. The van der Waals surface area contributed by atoms with E-state index in [2.05, 4.69) is 5.32 Å². The number of hydrogen-bond acceptors (Lipinski definition) is 7. The van der Waals surface area contributed by atoms with Gasteiger partial charge in [0.25, 0.3) is 10.0 Å². The highest BCUT2D eigenvalue weighted by Crippen LogP contribution is 2.36. The Morgan fingerprint density at radius 2 is 1.36 bits per heavy atom. The average Bonchev–Trinajstić information content (AvgIpc) is 3.13. The third kappa shape index (κ3) is 7.87. The monoisotopic (exact) mass is 711 g/mol. The van der Waals surface area contributed by atoms with Crippen LogP contribution in [-0.2, 0) is 33.1 Å². The molecule has 0 spiro atoms. The van der Waals surface area contributed by atoms with E-state index in [0.717, 1.165) is 22.3 Å². The van der Waals surface area contributed by atoms with Crippen molar-refractivity contribution in [1.82, 2.24) is 4.31 Å². The molecular formula is C39H41N3O6S2. The van der Waals surface area contributed by atoms with Gasteiger partial charge < -0.3 is 15.2 Å². The first-order valence-electron chi connectivity index (χ1n) is 16.4. The fourth-order valence-electron chi connectivity index (χ4n) is 6.04. The van der Waals surface area contributed by atoms with Gasteiger partial charge in [-0.25, -0.2) is 16.8 Å². The standard InChI is InChI=1S/C39H41N3O6S2/c1-29-12-20-36(21-13-29)49(44,45)41(34(27-43)24-31-16-18-35(19-17-31)48-28-32-8-4-3-5-9-32)25-33-26-42(39-11-7-6-10-38(39)40-33)50(46,47)37-22-14-30(2)15-23-37/h3-23,33-34,40,43H,24-28H2,1-2H3/t33-,34+/m1/s1. The molecule has 0 fully saturated rings. The van der Waals surface area contributed by atoms with Gasteiger partial charge in [-0.1, -0.05) is 90.0 Å². The zero-order valence-electron chi connectivity index (χ0n) is 28.0. The summed E-state index contributed by atoms with van der Waals surface area (Å²) in [5.74, 6) is 0.669. The summed E-state index contributed by atoms with van der Waals surface area (Å²) in [5.41, 5.74) is 4.74. The number of para-hydroxylation sites is 2. The third-order valence-corrected chi connectivity index (χ3v) is 12.5. The third-order valence-electron chi connectivity index (χ3n) is 8.82. The molecule has 260 valence electrons. The maximum atomic E-state index is 14.4. The van der Waals surface area contributed by atoms with E-state index in [9.17, 15) is 21.9 Å². The van der Waals surface area contributed by atoms with Crippen LogP contribution in [0.2, 0.25) is 0 Å². The molecule has 1 aliphatic heterocycles. The number of nitrogens with zero attached hydrogens (tertiary/aromatic N) is 2. The second-order valence-corrected chi connectivity index (χ2v) is 16.3. The van der Waals surface area contributed by atoms with E-state index in [1.807, 2.05) is 68.4 Å². The van der Waals surface area contributed by atoms with Crippen molar-refractivity contribution in [3.05, 3.63) is 150 Å². The molecule has 1 aliphatic rings. The van der Waals surface area contributed by atoms with E-state index >= 15 is 0 Å². The van der Waals surface area contributed by atoms with Crippen LogP contribution in [0, 0.1) is 13.8 Å². The van der Waals surface area contributed by atoms with Crippen molar-refractivity contribution in [2.24, 2.45) is 0 Å². The van der Waals surface area contributed by atoms with Gasteiger partial charge >= 0.3 is 0 Å². The van der Waals surface area contributed by atoms with Gasteiger partial charge in [0.2, 0.25) is 10.0 Å². The number of aliphatic hydroxyl groups is 1. The van der Waals surface area contributed by atoms with Crippen molar-refractivity contribution in [2.75, 3.05) is 29.3 Å². The Kier molecular flexibility index (Phi) is 10.6. The van der Waals surface area contributed by atoms with Gasteiger partial charge in [0.1, 0.15) is 12.4 Å². The minimum absolute atomic E-state index is 0.0290. The zero-order valence-corrected chi connectivity index (χ0v) is 29.6. The van der Waals surface area contributed by atoms with E-state index in [-0.39, 0.29) is 29.3 Å². The SMILES string of the molecule is Cc1ccc(S(=O)(=O)N2C[C@@H](CN([C@H](CO)Cc3ccc(OCc4ccccc4)cc3)S(=O)(=O)c3ccc(C)cc3)Nc3ccccc32)cc1. The molecule has 0 amide bonds. The van der Waals surface area contributed by atoms with Crippen LogP contribution in [0.4, 0.5) is 11.4 Å². The van der Waals surface area contributed by atoms with E-state index in [4.69, 9.17) is 4.74 Å². The number of fused-ring (bicyclic) bond motifs is 1. The summed E-state index contributed by atoms with van der Waals surface area (Å²) in [6.07, 6.45) is 0.218. The highest BCUT2D eigenvalue weighted by atomic mass is 32.2. The van der Waals surface area contributed by atoms with Crippen molar-refractivity contribution in [2.45, 2.75) is 48.7 Å². The summed E-state index contributed by atoms with van der Waals surface area (Å²) < 4.78 is 65.5. The number of hydrogen-bond donors (Lipinski definition) is 2. The van der Waals surface area contributed by atoms with Gasteiger partial charge in [-0.3, -0.25) is 4.31 Å².